The van der Waals surface area contributed by atoms with Crippen LogP contribution < -0.4 is 10.2 Å². The number of aromatic nitrogens is 1. The van der Waals surface area contributed by atoms with Gasteiger partial charge in [0.25, 0.3) is 5.91 Å². The number of carbonyl (C=O) groups is 1. The molecule has 128 valence electrons. The molecule has 0 saturated carbocycles. The fourth-order valence-corrected chi connectivity index (χ4v) is 2.76. The van der Waals surface area contributed by atoms with E-state index in [4.69, 9.17) is 14.4 Å². The Morgan fingerprint density at radius 3 is 2.88 bits per heavy atom. The van der Waals surface area contributed by atoms with Crippen LogP contribution in [0.1, 0.15) is 16.1 Å². The summed E-state index contributed by atoms with van der Waals surface area (Å²) in [6.45, 7) is 0.710. The Morgan fingerprint density at radius 2 is 2.08 bits per heavy atom. The number of para-hydroxylation sites is 1. The number of amides is 1. The second-order valence-electron chi connectivity index (χ2n) is 5.92. The molecule has 0 radical (unpaired) electrons. The highest BCUT2D eigenvalue weighted by molar-refractivity contribution is 5.93. The molecule has 1 aliphatic rings. The molecule has 3 aromatic rings. The molecule has 0 N–H and O–H groups in total. The van der Waals surface area contributed by atoms with Crippen molar-refractivity contribution in [3.05, 3.63) is 70.2 Å². The van der Waals surface area contributed by atoms with Crippen molar-refractivity contribution >= 4 is 16.9 Å². The summed E-state index contributed by atoms with van der Waals surface area (Å²) >= 11 is 0. The molecule has 26 heavy (non-hydrogen) atoms. The first-order chi connectivity index (χ1) is 12.6. The second-order valence-corrected chi connectivity index (χ2v) is 5.92. The molecule has 0 atom stereocenters. The number of hydrogen-bond acceptors (Lipinski definition) is 6. The fraction of sp³-hybridized carbons (Fsp3) is 0.158. The lowest BCUT2D eigenvalue weighted by Crippen LogP contribution is -2.56. The maximum Gasteiger partial charge on any atom is 0.289 e. The van der Waals surface area contributed by atoms with Crippen LogP contribution in [0.4, 0.5) is 0 Å². The Kier molecular flexibility index (Phi) is 3.86. The van der Waals surface area contributed by atoms with E-state index in [9.17, 15) is 9.59 Å². The summed E-state index contributed by atoms with van der Waals surface area (Å²) in [5, 5.41) is 9.33. The topological polar surface area (TPSA) is 96.4 Å². The Bertz CT molecular complexity index is 1090. The number of rotatable bonds is 3. The molecule has 0 spiro atoms. The second kappa shape index (κ2) is 6.33. The standard InChI is InChI=1S/C19H13N3O4/c20-9-12-5-6-21-18(7-12)25-13-10-22(11-13)19(24)17-8-15(23)14-3-1-2-4-16(14)26-17/h1-8,13H,10-11H2. The van der Waals surface area contributed by atoms with Gasteiger partial charge in [-0.05, 0) is 18.2 Å². The Hall–Kier alpha value is -3.66. The summed E-state index contributed by atoms with van der Waals surface area (Å²) in [5.74, 6) is 0.00146. The maximum atomic E-state index is 12.5. The van der Waals surface area contributed by atoms with Gasteiger partial charge in [-0.3, -0.25) is 9.59 Å². The fourth-order valence-electron chi connectivity index (χ4n) is 2.76. The lowest BCUT2D eigenvalue weighted by Gasteiger charge is -2.38. The summed E-state index contributed by atoms with van der Waals surface area (Å²) in [6, 6.07) is 13.2. The van der Waals surface area contributed by atoms with Gasteiger partial charge in [0.2, 0.25) is 5.88 Å². The number of likely N-dealkylation sites (tertiary alicyclic amines) is 1. The molecule has 1 fully saturated rings. The molecule has 0 unspecified atom stereocenters. The van der Waals surface area contributed by atoms with Crippen LogP contribution in [0, 0.1) is 11.3 Å². The van der Waals surface area contributed by atoms with E-state index in [0.717, 1.165) is 0 Å². The SMILES string of the molecule is N#Cc1ccnc(OC2CN(C(=O)c3cc(=O)c4ccccc4o3)C2)c1. The molecule has 7 heteroatoms. The van der Waals surface area contributed by atoms with Crippen molar-refractivity contribution < 1.29 is 13.9 Å². The van der Waals surface area contributed by atoms with E-state index in [1.54, 1.807) is 36.4 Å². The monoisotopic (exact) mass is 347 g/mol. The number of nitrogens with zero attached hydrogens (tertiary/aromatic N) is 3. The predicted molar refractivity (Wildman–Crippen MR) is 91.8 cm³/mol. The van der Waals surface area contributed by atoms with Crippen molar-refractivity contribution in [2.75, 3.05) is 13.1 Å². The van der Waals surface area contributed by atoms with E-state index < -0.39 is 0 Å². The average molecular weight is 347 g/mol. The number of benzene rings is 1. The van der Waals surface area contributed by atoms with Gasteiger partial charge in [-0.25, -0.2) is 4.98 Å². The zero-order valence-electron chi connectivity index (χ0n) is 13.6. The number of pyridine rings is 1. The van der Waals surface area contributed by atoms with Gasteiger partial charge in [-0.15, -0.1) is 0 Å². The molecule has 4 rings (SSSR count). The van der Waals surface area contributed by atoms with Gasteiger partial charge in [0.05, 0.1) is 30.1 Å². The van der Waals surface area contributed by atoms with Gasteiger partial charge in [-0.2, -0.15) is 5.26 Å². The van der Waals surface area contributed by atoms with Gasteiger partial charge in [0, 0.05) is 18.3 Å². The minimum absolute atomic E-state index is 0.0109. The van der Waals surface area contributed by atoms with Crippen molar-refractivity contribution in [3.63, 3.8) is 0 Å². The van der Waals surface area contributed by atoms with Gasteiger partial charge >= 0.3 is 0 Å². The maximum absolute atomic E-state index is 12.5. The Morgan fingerprint density at radius 1 is 1.27 bits per heavy atom. The third-order valence-corrected chi connectivity index (χ3v) is 4.13. The molecule has 1 amide bonds. The van der Waals surface area contributed by atoms with Crippen molar-refractivity contribution in [2.24, 2.45) is 0 Å². The molecule has 1 aromatic carbocycles. The van der Waals surface area contributed by atoms with Crippen molar-refractivity contribution in [2.45, 2.75) is 6.10 Å². The molecule has 1 aliphatic heterocycles. The van der Waals surface area contributed by atoms with Crippen LogP contribution in [0.5, 0.6) is 5.88 Å². The molecule has 1 saturated heterocycles. The molecule has 7 nitrogen and oxygen atoms in total. The lowest BCUT2D eigenvalue weighted by atomic mass is 10.1. The van der Waals surface area contributed by atoms with E-state index in [2.05, 4.69) is 4.98 Å². The minimum Gasteiger partial charge on any atom is -0.471 e. The largest absolute Gasteiger partial charge is 0.471 e. The lowest BCUT2D eigenvalue weighted by molar-refractivity contribution is 0.0138. The zero-order valence-corrected chi connectivity index (χ0v) is 13.6. The molecule has 0 bridgehead atoms. The van der Waals surface area contributed by atoms with E-state index in [1.165, 1.54) is 17.2 Å². The highest BCUT2D eigenvalue weighted by atomic mass is 16.5. The summed E-state index contributed by atoms with van der Waals surface area (Å²) < 4.78 is 11.2. The van der Waals surface area contributed by atoms with E-state index in [1.807, 2.05) is 6.07 Å². The minimum atomic E-state index is -0.355. The average Bonchev–Trinajstić information content (AvgIpc) is 2.64. The first-order valence-corrected chi connectivity index (χ1v) is 7.99. The van der Waals surface area contributed by atoms with Gasteiger partial charge < -0.3 is 14.1 Å². The number of ether oxygens (including phenoxy) is 1. The van der Waals surface area contributed by atoms with Crippen molar-refractivity contribution in [1.82, 2.24) is 9.88 Å². The van der Waals surface area contributed by atoms with Gasteiger partial charge in [-0.1, -0.05) is 12.1 Å². The smallest absolute Gasteiger partial charge is 0.289 e. The van der Waals surface area contributed by atoms with Crippen LogP contribution in [-0.4, -0.2) is 35.0 Å². The number of carbonyl (C=O) groups excluding carboxylic acids is 1. The predicted octanol–water partition coefficient (Wildman–Crippen LogP) is 1.96. The number of fused-ring (bicyclic) bond motifs is 1. The summed E-state index contributed by atoms with van der Waals surface area (Å²) in [6.07, 6.45) is 1.28. The highest BCUT2D eigenvalue weighted by Crippen LogP contribution is 2.20. The van der Waals surface area contributed by atoms with Crippen molar-refractivity contribution in [3.8, 4) is 11.9 Å². The highest BCUT2D eigenvalue weighted by Gasteiger charge is 2.34. The van der Waals surface area contributed by atoms with Crippen LogP contribution in [0.25, 0.3) is 11.0 Å². The van der Waals surface area contributed by atoms with Crippen molar-refractivity contribution in [1.29, 1.82) is 5.26 Å². The van der Waals surface area contributed by atoms with Crippen LogP contribution in [0.15, 0.2) is 57.9 Å². The summed E-state index contributed by atoms with van der Waals surface area (Å²) in [4.78, 5) is 30.2. The summed E-state index contributed by atoms with van der Waals surface area (Å²) in [7, 11) is 0. The Balaban J connectivity index is 1.45. The van der Waals surface area contributed by atoms with Crippen LogP contribution in [0.2, 0.25) is 0 Å². The van der Waals surface area contributed by atoms with E-state index in [-0.39, 0.29) is 23.2 Å². The molecule has 3 heterocycles. The first kappa shape index (κ1) is 15.8. The first-order valence-electron chi connectivity index (χ1n) is 7.99. The zero-order chi connectivity index (χ0) is 18.1. The third-order valence-electron chi connectivity index (χ3n) is 4.13. The quantitative estimate of drug-likeness (QED) is 0.718. The van der Waals surface area contributed by atoms with E-state index >= 15 is 0 Å². The summed E-state index contributed by atoms with van der Waals surface area (Å²) in [5.41, 5.74) is 0.593. The molecule has 0 aliphatic carbocycles. The molecule has 2 aromatic heterocycles. The van der Waals surface area contributed by atoms with E-state index in [0.29, 0.717) is 35.5 Å². The van der Waals surface area contributed by atoms with Crippen LogP contribution >= 0.6 is 0 Å². The number of hydrogen-bond donors (Lipinski definition) is 0. The Labute approximate surface area is 148 Å². The van der Waals surface area contributed by atoms with Gasteiger partial charge in [0.15, 0.2) is 11.2 Å². The van der Waals surface area contributed by atoms with Crippen LogP contribution in [-0.2, 0) is 0 Å². The normalized spacial score (nSPS) is 13.9. The third kappa shape index (κ3) is 2.89. The van der Waals surface area contributed by atoms with Gasteiger partial charge in [0.1, 0.15) is 11.7 Å². The molecular formula is C19H13N3O4. The number of nitriles is 1. The molecular weight excluding hydrogens is 334 g/mol. The van der Waals surface area contributed by atoms with Crippen LogP contribution in [0.3, 0.4) is 0 Å².